The molecule has 0 saturated carbocycles. The Labute approximate surface area is 175 Å². The molecule has 1 aliphatic rings. The van der Waals surface area contributed by atoms with Gasteiger partial charge >= 0.3 is 0 Å². The van der Waals surface area contributed by atoms with E-state index in [2.05, 4.69) is 74.2 Å². The molecule has 0 saturated heterocycles. The van der Waals surface area contributed by atoms with Gasteiger partial charge in [0, 0.05) is 23.0 Å². The van der Waals surface area contributed by atoms with Crippen LogP contribution in [0.5, 0.6) is 11.5 Å². The highest BCUT2D eigenvalue weighted by molar-refractivity contribution is 7.68. The number of methoxy groups -OCH3 is 2. The maximum Gasteiger partial charge on any atom is 0.130 e. The zero-order chi connectivity index (χ0) is 20.6. The highest BCUT2D eigenvalue weighted by Crippen LogP contribution is 2.59. The molecule has 1 aliphatic heterocycles. The smallest absolute Gasteiger partial charge is 0.130 e. The molecule has 3 aromatic rings. The van der Waals surface area contributed by atoms with E-state index in [1.165, 1.54) is 22.2 Å². The van der Waals surface area contributed by atoms with Crippen molar-refractivity contribution >= 4 is 24.6 Å². The third-order valence-electron chi connectivity index (χ3n) is 5.43. The predicted octanol–water partition coefficient (Wildman–Crippen LogP) is 6.39. The van der Waals surface area contributed by atoms with Crippen LogP contribution in [0.25, 0.3) is 11.1 Å². The van der Waals surface area contributed by atoms with E-state index >= 15 is 0 Å². The SMILES string of the molecule is COc1cccc(OC)c1-c1cccc2c1P(C(C)(C)C)CN2c1ccccc1. The van der Waals surface area contributed by atoms with Crippen molar-refractivity contribution < 1.29 is 9.47 Å². The molecular weight excluding hydrogens is 377 g/mol. The maximum absolute atomic E-state index is 5.75. The molecule has 4 rings (SSSR count). The van der Waals surface area contributed by atoms with Crippen LogP contribution in [0.2, 0.25) is 0 Å². The second kappa shape index (κ2) is 7.72. The molecule has 0 N–H and O–H groups in total. The summed E-state index contributed by atoms with van der Waals surface area (Å²) in [5.41, 5.74) is 4.80. The van der Waals surface area contributed by atoms with E-state index in [0.717, 1.165) is 23.3 Å². The highest BCUT2D eigenvalue weighted by atomic mass is 31.1. The van der Waals surface area contributed by atoms with E-state index in [1.54, 1.807) is 14.2 Å². The topological polar surface area (TPSA) is 21.7 Å². The number of ether oxygens (including phenoxy) is 2. The number of hydrogen-bond acceptors (Lipinski definition) is 3. The highest BCUT2D eigenvalue weighted by Gasteiger charge is 2.39. The largest absolute Gasteiger partial charge is 0.496 e. The summed E-state index contributed by atoms with van der Waals surface area (Å²) in [5.74, 6) is 1.69. The molecule has 1 unspecified atom stereocenters. The molecule has 0 aromatic heterocycles. The van der Waals surface area contributed by atoms with Crippen molar-refractivity contribution in [3.8, 4) is 22.6 Å². The van der Waals surface area contributed by atoms with Crippen LogP contribution < -0.4 is 19.7 Å². The first-order valence-corrected chi connectivity index (χ1v) is 11.4. The van der Waals surface area contributed by atoms with Gasteiger partial charge in [-0.1, -0.05) is 57.2 Å². The third-order valence-corrected chi connectivity index (χ3v) is 8.63. The molecule has 29 heavy (non-hydrogen) atoms. The fourth-order valence-corrected chi connectivity index (χ4v) is 6.80. The zero-order valence-electron chi connectivity index (χ0n) is 17.8. The van der Waals surface area contributed by atoms with Gasteiger partial charge in [0.25, 0.3) is 0 Å². The van der Waals surface area contributed by atoms with E-state index in [-0.39, 0.29) is 5.16 Å². The zero-order valence-corrected chi connectivity index (χ0v) is 18.7. The first kappa shape index (κ1) is 19.8. The lowest BCUT2D eigenvalue weighted by atomic mass is 10.0. The van der Waals surface area contributed by atoms with E-state index in [1.807, 2.05) is 18.2 Å². The molecule has 0 spiro atoms. The minimum Gasteiger partial charge on any atom is -0.496 e. The average Bonchev–Trinajstić information content (AvgIpc) is 3.14. The minimum absolute atomic E-state index is 0.180. The van der Waals surface area contributed by atoms with Crippen LogP contribution in [0, 0.1) is 0 Å². The van der Waals surface area contributed by atoms with Gasteiger partial charge in [0.2, 0.25) is 0 Å². The Morgan fingerprint density at radius 3 is 2.00 bits per heavy atom. The Hall–Kier alpha value is -2.51. The molecule has 0 amide bonds. The normalized spacial score (nSPS) is 15.9. The van der Waals surface area contributed by atoms with Crippen LogP contribution in [0.15, 0.2) is 66.7 Å². The lowest BCUT2D eigenvalue weighted by Crippen LogP contribution is -2.20. The van der Waals surface area contributed by atoms with Crippen molar-refractivity contribution in [3.63, 3.8) is 0 Å². The molecular formula is C25H28NO2P. The van der Waals surface area contributed by atoms with Gasteiger partial charge in [-0.2, -0.15) is 0 Å². The van der Waals surface area contributed by atoms with Crippen molar-refractivity contribution in [2.75, 3.05) is 25.4 Å². The van der Waals surface area contributed by atoms with E-state index in [0.29, 0.717) is 0 Å². The van der Waals surface area contributed by atoms with E-state index in [4.69, 9.17) is 9.47 Å². The summed E-state index contributed by atoms with van der Waals surface area (Å²) < 4.78 is 11.5. The van der Waals surface area contributed by atoms with E-state index < -0.39 is 7.92 Å². The van der Waals surface area contributed by atoms with Gasteiger partial charge in [0.05, 0.1) is 19.8 Å². The van der Waals surface area contributed by atoms with Crippen LogP contribution in [0.3, 0.4) is 0 Å². The number of fused-ring (bicyclic) bond motifs is 1. The monoisotopic (exact) mass is 405 g/mol. The summed E-state index contributed by atoms with van der Waals surface area (Å²) in [5, 5.41) is 1.61. The van der Waals surface area contributed by atoms with Gasteiger partial charge < -0.3 is 14.4 Å². The summed E-state index contributed by atoms with van der Waals surface area (Å²) in [7, 11) is 3.02. The van der Waals surface area contributed by atoms with Crippen LogP contribution in [0.4, 0.5) is 11.4 Å². The fraction of sp³-hybridized carbons (Fsp3) is 0.280. The number of nitrogens with zero attached hydrogens (tertiary/aromatic N) is 1. The Kier molecular flexibility index (Phi) is 5.27. The standard InChI is InChI=1S/C25H28NO2P/c1-25(2,3)29-17-26(18-11-7-6-8-12-18)20-14-9-13-19(24(20)29)23-21(27-4)15-10-16-22(23)28-5/h6-16H,17H2,1-5H3. The summed E-state index contributed by atoms with van der Waals surface area (Å²) in [6.07, 6.45) is 1.02. The summed E-state index contributed by atoms with van der Waals surface area (Å²) in [4.78, 5) is 2.47. The van der Waals surface area contributed by atoms with Crippen molar-refractivity contribution in [2.45, 2.75) is 25.9 Å². The van der Waals surface area contributed by atoms with Crippen molar-refractivity contribution in [1.29, 1.82) is 0 Å². The summed E-state index contributed by atoms with van der Waals surface area (Å²) in [6.45, 7) is 7.06. The quantitative estimate of drug-likeness (QED) is 0.470. The van der Waals surface area contributed by atoms with Gasteiger partial charge in [0.15, 0.2) is 0 Å². The first-order valence-electron chi connectivity index (χ1n) is 9.90. The first-order chi connectivity index (χ1) is 14.0. The van der Waals surface area contributed by atoms with Crippen LogP contribution in [0.1, 0.15) is 20.8 Å². The van der Waals surface area contributed by atoms with Gasteiger partial charge in [-0.15, -0.1) is 0 Å². The molecule has 1 atom stereocenters. The van der Waals surface area contributed by atoms with Gasteiger partial charge in [-0.05, 0) is 49.0 Å². The minimum atomic E-state index is -0.429. The summed E-state index contributed by atoms with van der Waals surface area (Å²) >= 11 is 0. The van der Waals surface area contributed by atoms with Crippen molar-refractivity contribution in [1.82, 2.24) is 0 Å². The molecule has 0 bridgehead atoms. The van der Waals surface area contributed by atoms with Crippen LogP contribution in [-0.4, -0.2) is 25.7 Å². The van der Waals surface area contributed by atoms with Gasteiger partial charge in [-0.25, -0.2) is 0 Å². The van der Waals surface area contributed by atoms with Gasteiger partial charge in [0.1, 0.15) is 11.5 Å². The average molecular weight is 405 g/mol. The second-order valence-corrected chi connectivity index (χ2v) is 11.1. The molecule has 0 aliphatic carbocycles. The Morgan fingerprint density at radius 2 is 1.41 bits per heavy atom. The number of benzene rings is 3. The molecule has 3 aromatic carbocycles. The van der Waals surface area contributed by atoms with E-state index in [9.17, 15) is 0 Å². The predicted molar refractivity (Wildman–Crippen MR) is 125 cm³/mol. The number of rotatable bonds is 4. The molecule has 0 fully saturated rings. The molecule has 150 valence electrons. The maximum atomic E-state index is 5.75. The molecule has 1 heterocycles. The fourth-order valence-electron chi connectivity index (χ4n) is 4.02. The van der Waals surface area contributed by atoms with Crippen molar-refractivity contribution in [3.05, 3.63) is 66.7 Å². The Balaban J connectivity index is 1.98. The number of para-hydroxylation sites is 1. The molecule has 3 nitrogen and oxygen atoms in total. The second-order valence-electron chi connectivity index (χ2n) is 8.21. The number of hydrogen-bond donors (Lipinski definition) is 0. The molecule has 0 radical (unpaired) electrons. The van der Waals surface area contributed by atoms with Crippen molar-refractivity contribution in [2.24, 2.45) is 0 Å². The van der Waals surface area contributed by atoms with Gasteiger partial charge in [-0.3, -0.25) is 0 Å². The Bertz CT molecular complexity index is 989. The number of anilines is 2. The third kappa shape index (κ3) is 3.49. The lowest BCUT2D eigenvalue weighted by molar-refractivity contribution is 0.397. The van der Waals surface area contributed by atoms with Crippen LogP contribution in [-0.2, 0) is 0 Å². The Morgan fingerprint density at radius 1 is 0.793 bits per heavy atom. The van der Waals surface area contributed by atoms with Crippen LogP contribution >= 0.6 is 7.92 Å². The summed E-state index contributed by atoms with van der Waals surface area (Å²) in [6, 6.07) is 23.3. The molecule has 4 heteroatoms. The lowest BCUT2D eigenvalue weighted by Gasteiger charge is -2.30.